The standard InChI is InChI=1S/C21H29N9O/c1-27-4-6-28(7-5-27)8-9-30-20-17(15-24-30)19(16-2-3-18(22)23-14-16)25-21(26-20)29-10-12-31-13-11-29/h2-3,14-15H,4-13H2,1H3,(H2,22,23). The quantitative estimate of drug-likeness (QED) is 0.630. The van der Waals surface area contributed by atoms with Gasteiger partial charge in [0, 0.05) is 57.6 Å². The van der Waals surface area contributed by atoms with Crippen molar-refractivity contribution in [2.24, 2.45) is 0 Å². The van der Waals surface area contributed by atoms with E-state index in [9.17, 15) is 0 Å². The lowest BCUT2D eigenvalue weighted by atomic mass is 10.1. The zero-order chi connectivity index (χ0) is 21.2. The van der Waals surface area contributed by atoms with Crippen LogP contribution in [-0.4, -0.2) is 101 Å². The molecule has 0 bridgehead atoms. The lowest BCUT2D eigenvalue weighted by Gasteiger charge is -2.32. The van der Waals surface area contributed by atoms with Gasteiger partial charge >= 0.3 is 0 Å². The van der Waals surface area contributed by atoms with Crippen LogP contribution in [0.2, 0.25) is 0 Å². The van der Waals surface area contributed by atoms with Gasteiger partial charge in [-0.15, -0.1) is 0 Å². The minimum absolute atomic E-state index is 0.491. The highest BCUT2D eigenvalue weighted by molar-refractivity contribution is 5.91. The Morgan fingerprint density at radius 1 is 0.968 bits per heavy atom. The molecule has 10 heteroatoms. The summed E-state index contributed by atoms with van der Waals surface area (Å²) in [4.78, 5) is 21.1. The minimum Gasteiger partial charge on any atom is -0.384 e. The minimum atomic E-state index is 0.491. The van der Waals surface area contributed by atoms with Gasteiger partial charge in [-0.3, -0.25) is 4.90 Å². The van der Waals surface area contributed by atoms with Crippen LogP contribution in [0.25, 0.3) is 22.3 Å². The molecule has 164 valence electrons. The Labute approximate surface area is 181 Å². The third-order valence-corrected chi connectivity index (χ3v) is 6.06. The van der Waals surface area contributed by atoms with Crippen molar-refractivity contribution in [3.05, 3.63) is 24.5 Å². The van der Waals surface area contributed by atoms with Crippen LogP contribution >= 0.6 is 0 Å². The van der Waals surface area contributed by atoms with E-state index in [0.717, 1.165) is 74.6 Å². The van der Waals surface area contributed by atoms with E-state index in [-0.39, 0.29) is 0 Å². The van der Waals surface area contributed by atoms with Crippen molar-refractivity contribution in [3.8, 4) is 11.3 Å². The van der Waals surface area contributed by atoms with Gasteiger partial charge < -0.3 is 20.3 Å². The number of hydrogen-bond acceptors (Lipinski definition) is 9. The highest BCUT2D eigenvalue weighted by Crippen LogP contribution is 2.28. The van der Waals surface area contributed by atoms with Gasteiger partial charge in [-0.1, -0.05) is 0 Å². The van der Waals surface area contributed by atoms with E-state index in [2.05, 4.69) is 31.8 Å². The second-order valence-corrected chi connectivity index (χ2v) is 8.19. The molecular formula is C21H29N9O. The molecule has 10 nitrogen and oxygen atoms in total. The Bertz CT molecular complexity index is 1020. The molecule has 0 atom stereocenters. The first-order valence-corrected chi connectivity index (χ1v) is 10.9. The number of nitrogens with two attached hydrogens (primary N) is 1. The van der Waals surface area contributed by atoms with E-state index < -0.39 is 0 Å². The predicted octanol–water partition coefficient (Wildman–Crippen LogP) is 0.555. The van der Waals surface area contributed by atoms with Crippen molar-refractivity contribution in [1.82, 2.24) is 34.5 Å². The Morgan fingerprint density at radius 3 is 2.52 bits per heavy atom. The van der Waals surface area contributed by atoms with Crippen molar-refractivity contribution >= 4 is 22.8 Å². The summed E-state index contributed by atoms with van der Waals surface area (Å²) < 4.78 is 7.52. The van der Waals surface area contributed by atoms with E-state index in [4.69, 9.17) is 20.4 Å². The Kier molecular flexibility index (Phi) is 5.66. The Balaban J connectivity index is 1.48. The maximum absolute atomic E-state index is 5.80. The molecule has 0 saturated carbocycles. The third-order valence-electron chi connectivity index (χ3n) is 6.06. The molecule has 3 aromatic heterocycles. The van der Waals surface area contributed by atoms with Gasteiger partial charge in [-0.2, -0.15) is 10.1 Å². The fourth-order valence-electron chi connectivity index (χ4n) is 4.09. The van der Waals surface area contributed by atoms with Gasteiger partial charge in [0.2, 0.25) is 5.95 Å². The molecule has 0 aromatic carbocycles. The first-order chi connectivity index (χ1) is 15.2. The predicted molar refractivity (Wildman–Crippen MR) is 120 cm³/mol. The number of pyridine rings is 1. The van der Waals surface area contributed by atoms with Crippen LogP contribution in [0.4, 0.5) is 11.8 Å². The van der Waals surface area contributed by atoms with Gasteiger partial charge in [0.15, 0.2) is 5.65 Å². The van der Waals surface area contributed by atoms with Gasteiger partial charge in [-0.05, 0) is 19.2 Å². The summed E-state index contributed by atoms with van der Waals surface area (Å²) in [6.07, 6.45) is 3.63. The topological polar surface area (TPSA) is 101 Å². The number of nitrogens with zero attached hydrogens (tertiary/aromatic N) is 8. The molecule has 3 aromatic rings. The molecule has 0 spiro atoms. The second-order valence-electron chi connectivity index (χ2n) is 8.19. The van der Waals surface area contributed by atoms with Crippen molar-refractivity contribution in [1.29, 1.82) is 0 Å². The molecule has 2 fully saturated rings. The van der Waals surface area contributed by atoms with E-state index in [1.54, 1.807) is 12.3 Å². The van der Waals surface area contributed by atoms with Crippen LogP contribution in [-0.2, 0) is 11.3 Å². The van der Waals surface area contributed by atoms with E-state index in [1.807, 2.05) is 16.9 Å². The van der Waals surface area contributed by atoms with E-state index >= 15 is 0 Å². The van der Waals surface area contributed by atoms with Crippen LogP contribution in [0.1, 0.15) is 0 Å². The van der Waals surface area contributed by atoms with Crippen molar-refractivity contribution in [2.45, 2.75) is 6.54 Å². The number of likely N-dealkylation sites (N-methyl/N-ethyl adjacent to an activating group) is 1. The molecule has 31 heavy (non-hydrogen) atoms. The first-order valence-electron chi connectivity index (χ1n) is 10.9. The molecule has 0 unspecified atom stereocenters. The Hall–Kier alpha value is -2.82. The number of aromatic nitrogens is 5. The summed E-state index contributed by atoms with van der Waals surface area (Å²) in [5, 5.41) is 5.61. The zero-order valence-electron chi connectivity index (χ0n) is 17.9. The van der Waals surface area contributed by atoms with Crippen molar-refractivity contribution < 1.29 is 4.74 Å². The summed E-state index contributed by atoms with van der Waals surface area (Å²) in [5.41, 5.74) is 8.41. The van der Waals surface area contributed by atoms with Crippen LogP contribution in [0.5, 0.6) is 0 Å². The lowest BCUT2D eigenvalue weighted by molar-refractivity contribution is 0.122. The summed E-state index contributed by atoms with van der Waals surface area (Å²) in [6.45, 7) is 9.08. The van der Waals surface area contributed by atoms with Gasteiger partial charge in [-0.25, -0.2) is 14.6 Å². The van der Waals surface area contributed by atoms with Gasteiger partial charge in [0.1, 0.15) is 5.82 Å². The summed E-state index contributed by atoms with van der Waals surface area (Å²) in [6, 6.07) is 3.75. The van der Waals surface area contributed by atoms with Crippen LogP contribution in [0, 0.1) is 0 Å². The third kappa shape index (κ3) is 4.32. The van der Waals surface area contributed by atoms with Gasteiger partial charge in [0.05, 0.1) is 37.0 Å². The highest BCUT2D eigenvalue weighted by atomic mass is 16.5. The summed E-state index contributed by atoms with van der Waals surface area (Å²) in [7, 11) is 2.18. The average molecular weight is 424 g/mol. The average Bonchev–Trinajstić information content (AvgIpc) is 3.22. The van der Waals surface area contributed by atoms with Crippen LogP contribution in [0.15, 0.2) is 24.5 Å². The molecule has 2 N–H and O–H groups in total. The highest BCUT2D eigenvalue weighted by Gasteiger charge is 2.21. The van der Waals surface area contributed by atoms with E-state index in [0.29, 0.717) is 25.0 Å². The molecule has 0 amide bonds. The fourth-order valence-corrected chi connectivity index (χ4v) is 4.09. The number of ether oxygens (including phenoxy) is 1. The second kappa shape index (κ2) is 8.74. The number of anilines is 2. The molecule has 2 saturated heterocycles. The van der Waals surface area contributed by atoms with E-state index in [1.165, 1.54) is 0 Å². The largest absolute Gasteiger partial charge is 0.384 e. The lowest BCUT2D eigenvalue weighted by Crippen LogP contribution is -2.45. The zero-order valence-corrected chi connectivity index (χ0v) is 17.9. The maximum Gasteiger partial charge on any atom is 0.228 e. The maximum atomic E-state index is 5.80. The monoisotopic (exact) mass is 423 g/mol. The van der Waals surface area contributed by atoms with Crippen molar-refractivity contribution in [2.75, 3.05) is 76.7 Å². The summed E-state index contributed by atoms with van der Waals surface area (Å²) in [5.74, 6) is 1.20. The van der Waals surface area contributed by atoms with Crippen molar-refractivity contribution in [3.63, 3.8) is 0 Å². The smallest absolute Gasteiger partial charge is 0.228 e. The number of nitrogen functional groups attached to an aromatic ring is 1. The molecular weight excluding hydrogens is 394 g/mol. The van der Waals surface area contributed by atoms with Crippen LogP contribution in [0.3, 0.4) is 0 Å². The molecule has 0 aliphatic carbocycles. The Morgan fingerprint density at radius 2 is 1.77 bits per heavy atom. The molecule has 2 aliphatic rings. The van der Waals surface area contributed by atoms with Crippen LogP contribution < -0.4 is 10.6 Å². The normalized spacial score (nSPS) is 18.7. The fraction of sp³-hybridized carbons (Fsp3) is 0.524. The number of rotatable bonds is 5. The van der Waals surface area contributed by atoms with Gasteiger partial charge in [0.25, 0.3) is 0 Å². The first kappa shape index (κ1) is 20.1. The number of piperazine rings is 1. The number of morpholine rings is 1. The number of fused-ring (bicyclic) bond motifs is 1. The molecule has 2 aliphatic heterocycles. The summed E-state index contributed by atoms with van der Waals surface area (Å²) >= 11 is 0. The molecule has 0 radical (unpaired) electrons. The molecule has 5 rings (SSSR count). The number of hydrogen-bond donors (Lipinski definition) is 1. The molecule has 5 heterocycles. The SMILES string of the molecule is CN1CCN(CCn2ncc3c(-c4ccc(N)nc4)nc(N4CCOCC4)nc32)CC1.